The lowest BCUT2D eigenvalue weighted by Crippen LogP contribution is -2.19. The van der Waals surface area contributed by atoms with Crippen LogP contribution in [0.2, 0.25) is 5.02 Å². The Kier molecular flexibility index (Phi) is 4.74. The van der Waals surface area contributed by atoms with Crippen molar-refractivity contribution < 1.29 is 4.74 Å². The Hall–Kier alpha value is -2.24. The van der Waals surface area contributed by atoms with Crippen LogP contribution >= 0.6 is 11.6 Å². The van der Waals surface area contributed by atoms with Crippen LogP contribution in [0.3, 0.4) is 0 Å². The third-order valence-corrected chi connectivity index (χ3v) is 4.98. The number of nitrogens with one attached hydrogen (secondary N) is 1. The predicted octanol–water partition coefficient (Wildman–Crippen LogP) is 4.31. The molecule has 1 aliphatic heterocycles. The minimum absolute atomic E-state index is 0.253. The van der Waals surface area contributed by atoms with E-state index in [4.69, 9.17) is 21.3 Å². The Morgan fingerprint density at radius 2 is 2.04 bits per heavy atom. The van der Waals surface area contributed by atoms with Gasteiger partial charge in [-0.1, -0.05) is 23.7 Å². The summed E-state index contributed by atoms with van der Waals surface area (Å²) >= 11 is 6.22. The topological polar surface area (TPSA) is 41.8 Å². The number of hydrogen-bond acceptors (Lipinski definition) is 4. The largest absolute Gasteiger partial charge is 0.378 e. The molecule has 1 aromatic carbocycles. The summed E-state index contributed by atoms with van der Waals surface area (Å²) in [6, 6.07) is 12.2. The number of imidazole rings is 1. The van der Waals surface area contributed by atoms with Gasteiger partial charge in [0.2, 0.25) is 0 Å². The van der Waals surface area contributed by atoms with Crippen molar-refractivity contribution >= 4 is 28.8 Å². The molecule has 6 heteroatoms. The quantitative estimate of drug-likeness (QED) is 0.726. The number of benzene rings is 1. The molecule has 136 valence electrons. The fourth-order valence-electron chi connectivity index (χ4n) is 3.32. The number of hydrogen-bond donors (Lipinski definition) is 1. The minimum atomic E-state index is 0.253. The van der Waals surface area contributed by atoms with Crippen molar-refractivity contribution in [1.82, 2.24) is 9.38 Å². The van der Waals surface area contributed by atoms with Crippen LogP contribution in [0.1, 0.15) is 12.8 Å². The number of pyridine rings is 1. The molecule has 4 rings (SSSR count). The Bertz CT molecular complexity index is 898. The Balaban J connectivity index is 1.73. The van der Waals surface area contributed by atoms with E-state index in [2.05, 4.69) is 34.5 Å². The number of aromatic nitrogens is 2. The van der Waals surface area contributed by atoms with Crippen LogP contribution in [0.5, 0.6) is 0 Å². The average molecular weight is 371 g/mol. The molecule has 0 amide bonds. The van der Waals surface area contributed by atoms with Crippen LogP contribution in [-0.2, 0) is 4.74 Å². The summed E-state index contributed by atoms with van der Waals surface area (Å²) < 4.78 is 7.77. The van der Waals surface area contributed by atoms with Crippen molar-refractivity contribution in [3.8, 4) is 11.3 Å². The van der Waals surface area contributed by atoms with Gasteiger partial charge < -0.3 is 15.0 Å². The highest BCUT2D eigenvalue weighted by atomic mass is 35.5. The van der Waals surface area contributed by atoms with Crippen molar-refractivity contribution in [3.05, 3.63) is 47.6 Å². The molecule has 26 heavy (non-hydrogen) atoms. The van der Waals surface area contributed by atoms with Gasteiger partial charge >= 0.3 is 0 Å². The van der Waals surface area contributed by atoms with Gasteiger partial charge in [0.1, 0.15) is 17.2 Å². The van der Waals surface area contributed by atoms with E-state index in [1.54, 1.807) is 0 Å². The summed E-state index contributed by atoms with van der Waals surface area (Å²) in [4.78, 5) is 6.92. The first-order chi connectivity index (χ1) is 12.6. The van der Waals surface area contributed by atoms with E-state index in [1.807, 2.05) is 36.8 Å². The highest BCUT2D eigenvalue weighted by molar-refractivity contribution is 6.30. The van der Waals surface area contributed by atoms with E-state index in [0.29, 0.717) is 5.02 Å². The molecule has 3 heterocycles. The molecule has 1 aliphatic rings. The number of rotatable bonds is 5. The van der Waals surface area contributed by atoms with Crippen LogP contribution in [0.4, 0.5) is 11.5 Å². The maximum absolute atomic E-state index is 6.22. The number of nitrogens with zero attached hydrogens (tertiary/aromatic N) is 3. The van der Waals surface area contributed by atoms with Crippen LogP contribution < -0.4 is 10.2 Å². The number of ether oxygens (including phenoxy) is 1. The molecular formula is C20H23ClN4O. The Morgan fingerprint density at radius 1 is 1.23 bits per heavy atom. The van der Waals surface area contributed by atoms with Crippen LogP contribution in [0.25, 0.3) is 16.9 Å². The average Bonchev–Trinajstić information content (AvgIpc) is 3.27. The third kappa shape index (κ3) is 3.37. The smallest absolute Gasteiger partial charge is 0.139 e. The fraction of sp³-hybridized carbons (Fsp3) is 0.350. The standard InChI is InChI=1S/C20H23ClN4O/c1-24(2)16-8-5-14(6-9-16)19-20(22-12-17-4-3-11-26-17)25-13-15(21)7-10-18(25)23-19/h5-10,13,17,22H,3-4,11-12H2,1-2H3/t17-/m1/s1. The van der Waals surface area contributed by atoms with Crippen LogP contribution in [0.15, 0.2) is 42.6 Å². The summed E-state index contributed by atoms with van der Waals surface area (Å²) in [6.45, 7) is 1.62. The Labute approximate surface area is 158 Å². The molecule has 1 fully saturated rings. The maximum Gasteiger partial charge on any atom is 0.139 e. The maximum atomic E-state index is 6.22. The monoisotopic (exact) mass is 370 g/mol. The second-order valence-corrected chi connectivity index (χ2v) is 7.28. The van der Waals surface area contributed by atoms with E-state index < -0.39 is 0 Å². The van der Waals surface area contributed by atoms with E-state index in [9.17, 15) is 0 Å². The zero-order valence-corrected chi connectivity index (χ0v) is 15.8. The van der Waals surface area contributed by atoms with Crippen molar-refractivity contribution in [1.29, 1.82) is 0 Å². The molecular weight excluding hydrogens is 348 g/mol. The van der Waals surface area contributed by atoms with Crippen molar-refractivity contribution in [2.75, 3.05) is 37.5 Å². The lowest BCUT2D eigenvalue weighted by Gasteiger charge is -2.14. The first-order valence-electron chi connectivity index (χ1n) is 8.92. The molecule has 0 radical (unpaired) electrons. The SMILES string of the molecule is CN(C)c1ccc(-c2nc3ccc(Cl)cn3c2NC[C@H]2CCCO2)cc1. The lowest BCUT2D eigenvalue weighted by atomic mass is 10.1. The second kappa shape index (κ2) is 7.17. The third-order valence-electron chi connectivity index (χ3n) is 4.76. The molecule has 2 aromatic heterocycles. The molecule has 0 bridgehead atoms. The lowest BCUT2D eigenvalue weighted by molar-refractivity contribution is 0.120. The summed E-state index contributed by atoms with van der Waals surface area (Å²) in [5.74, 6) is 0.954. The minimum Gasteiger partial charge on any atom is -0.378 e. The van der Waals surface area contributed by atoms with Gasteiger partial charge in [0.05, 0.1) is 11.1 Å². The molecule has 0 unspecified atom stereocenters. The van der Waals surface area contributed by atoms with Gasteiger partial charge in [-0.2, -0.15) is 0 Å². The van der Waals surface area contributed by atoms with E-state index in [0.717, 1.165) is 54.4 Å². The second-order valence-electron chi connectivity index (χ2n) is 6.84. The van der Waals surface area contributed by atoms with Crippen molar-refractivity contribution in [3.63, 3.8) is 0 Å². The molecule has 0 spiro atoms. The summed E-state index contributed by atoms with van der Waals surface area (Å²) in [5, 5.41) is 4.23. The zero-order valence-electron chi connectivity index (χ0n) is 15.1. The summed E-state index contributed by atoms with van der Waals surface area (Å²) in [5.41, 5.74) is 4.03. The van der Waals surface area contributed by atoms with Gasteiger partial charge in [0, 0.05) is 44.7 Å². The highest BCUT2D eigenvalue weighted by Crippen LogP contribution is 2.31. The van der Waals surface area contributed by atoms with E-state index in [1.165, 1.54) is 0 Å². The summed E-state index contributed by atoms with van der Waals surface area (Å²) in [7, 11) is 4.08. The normalized spacial score (nSPS) is 17.0. The van der Waals surface area contributed by atoms with Gasteiger partial charge in [-0.05, 0) is 37.1 Å². The van der Waals surface area contributed by atoms with Crippen LogP contribution in [-0.4, -0.2) is 42.7 Å². The molecule has 5 nitrogen and oxygen atoms in total. The first-order valence-corrected chi connectivity index (χ1v) is 9.30. The van der Waals surface area contributed by atoms with Gasteiger partial charge in [-0.3, -0.25) is 4.40 Å². The first kappa shape index (κ1) is 17.2. The number of halogens is 1. The van der Waals surface area contributed by atoms with Gasteiger partial charge in [0.25, 0.3) is 0 Å². The highest BCUT2D eigenvalue weighted by Gasteiger charge is 2.19. The van der Waals surface area contributed by atoms with Gasteiger partial charge in [-0.15, -0.1) is 0 Å². The predicted molar refractivity (Wildman–Crippen MR) is 107 cm³/mol. The fourth-order valence-corrected chi connectivity index (χ4v) is 3.48. The number of fused-ring (bicyclic) bond motifs is 1. The molecule has 3 aromatic rings. The molecule has 1 N–H and O–H groups in total. The van der Waals surface area contributed by atoms with Crippen LogP contribution in [0, 0.1) is 0 Å². The molecule has 0 aliphatic carbocycles. The molecule has 1 saturated heterocycles. The molecule has 0 saturated carbocycles. The van der Waals surface area contributed by atoms with Gasteiger partial charge in [-0.25, -0.2) is 4.98 Å². The van der Waals surface area contributed by atoms with E-state index >= 15 is 0 Å². The Morgan fingerprint density at radius 3 is 2.73 bits per heavy atom. The van der Waals surface area contributed by atoms with Crippen molar-refractivity contribution in [2.45, 2.75) is 18.9 Å². The van der Waals surface area contributed by atoms with Gasteiger partial charge in [0.15, 0.2) is 0 Å². The molecule has 1 atom stereocenters. The van der Waals surface area contributed by atoms with Crippen molar-refractivity contribution in [2.24, 2.45) is 0 Å². The zero-order chi connectivity index (χ0) is 18.1. The van der Waals surface area contributed by atoms with E-state index in [-0.39, 0.29) is 6.10 Å². The number of anilines is 2. The summed E-state index contributed by atoms with van der Waals surface area (Å²) in [6.07, 6.45) is 4.38.